The number of methoxy groups -OCH3 is 1. The topological polar surface area (TPSA) is 60.7 Å². The normalized spacial score (nSPS) is 10.6. The quantitative estimate of drug-likeness (QED) is 0.913. The van der Waals surface area contributed by atoms with Gasteiger partial charge in [0.25, 0.3) is 5.91 Å². The Labute approximate surface area is 125 Å². The molecule has 0 unspecified atom stereocenters. The highest BCUT2D eigenvalue weighted by molar-refractivity contribution is 6.05. The van der Waals surface area contributed by atoms with E-state index in [9.17, 15) is 13.6 Å². The van der Waals surface area contributed by atoms with Crippen molar-refractivity contribution in [3.8, 4) is 11.5 Å². The van der Waals surface area contributed by atoms with E-state index >= 15 is 0 Å². The molecule has 0 saturated heterocycles. The Morgan fingerprint density at radius 3 is 2.50 bits per heavy atom. The summed E-state index contributed by atoms with van der Waals surface area (Å²) >= 11 is 0. The molecule has 2 rings (SSSR count). The molecular weight excluding hydrogens is 296 g/mol. The number of aryl methyl sites for hydroxylation is 2. The molecule has 22 heavy (non-hydrogen) atoms. The van der Waals surface area contributed by atoms with Gasteiger partial charge in [-0.25, -0.2) is 0 Å². The minimum absolute atomic E-state index is 0.147. The SMILES string of the molecule is COc1ccc(NC(=O)c2cc(C)oc2C)cc1OC(F)F. The molecule has 0 aliphatic heterocycles. The van der Waals surface area contributed by atoms with Crippen molar-refractivity contribution in [3.63, 3.8) is 0 Å². The summed E-state index contributed by atoms with van der Waals surface area (Å²) in [5.74, 6) is 0.679. The van der Waals surface area contributed by atoms with Crippen molar-refractivity contribution in [2.45, 2.75) is 20.5 Å². The zero-order chi connectivity index (χ0) is 16.3. The van der Waals surface area contributed by atoms with E-state index in [0.29, 0.717) is 22.8 Å². The molecule has 0 aliphatic rings. The first-order valence-corrected chi connectivity index (χ1v) is 6.42. The highest BCUT2D eigenvalue weighted by Crippen LogP contribution is 2.31. The van der Waals surface area contributed by atoms with E-state index in [-0.39, 0.29) is 11.5 Å². The van der Waals surface area contributed by atoms with E-state index in [2.05, 4.69) is 10.1 Å². The summed E-state index contributed by atoms with van der Waals surface area (Å²) in [6, 6.07) is 5.83. The fourth-order valence-corrected chi connectivity index (χ4v) is 2.00. The number of rotatable bonds is 5. The first kappa shape index (κ1) is 15.8. The second kappa shape index (κ2) is 6.46. The van der Waals surface area contributed by atoms with Crippen molar-refractivity contribution in [1.82, 2.24) is 0 Å². The van der Waals surface area contributed by atoms with Crippen LogP contribution in [0, 0.1) is 13.8 Å². The summed E-state index contributed by atoms with van der Waals surface area (Å²) in [5, 5.41) is 2.60. The van der Waals surface area contributed by atoms with Crippen LogP contribution in [0.1, 0.15) is 21.9 Å². The Balaban J connectivity index is 2.22. The Kier molecular flexibility index (Phi) is 4.65. The van der Waals surface area contributed by atoms with Crippen LogP contribution in [0.4, 0.5) is 14.5 Å². The lowest BCUT2D eigenvalue weighted by Gasteiger charge is -2.12. The van der Waals surface area contributed by atoms with Gasteiger partial charge in [0.15, 0.2) is 11.5 Å². The van der Waals surface area contributed by atoms with Crippen LogP contribution >= 0.6 is 0 Å². The largest absolute Gasteiger partial charge is 0.493 e. The number of furan rings is 1. The van der Waals surface area contributed by atoms with E-state index in [1.54, 1.807) is 19.9 Å². The molecule has 1 N–H and O–H groups in total. The predicted molar refractivity (Wildman–Crippen MR) is 75.8 cm³/mol. The second-order valence-electron chi connectivity index (χ2n) is 4.53. The molecule has 118 valence electrons. The summed E-state index contributed by atoms with van der Waals surface area (Å²) in [6.45, 7) is 0.408. The van der Waals surface area contributed by atoms with Crippen molar-refractivity contribution >= 4 is 11.6 Å². The van der Waals surface area contributed by atoms with Crippen LogP contribution in [0.3, 0.4) is 0 Å². The molecule has 0 saturated carbocycles. The standard InChI is InChI=1S/C15H15F2NO4/c1-8-6-11(9(2)21-8)14(19)18-10-4-5-12(20-3)13(7-10)22-15(16)17/h4-7,15H,1-3H3,(H,18,19). The molecule has 2 aromatic rings. The van der Waals surface area contributed by atoms with E-state index in [1.165, 1.54) is 25.3 Å². The zero-order valence-electron chi connectivity index (χ0n) is 12.3. The number of hydrogen-bond donors (Lipinski definition) is 1. The third-order valence-corrected chi connectivity index (χ3v) is 2.92. The van der Waals surface area contributed by atoms with Gasteiger partial charge in [0.1, 0.15) is 11.5 Å². The smallest absolute Gasteiger partial charge is 0.387 e. The fraction of sp³-hybridized carbons (Fsp3) is 0.267. The maximum atomic E-state index is 12.4. The van der Waals surface area contributed by atoms with Gasteiger partial charge in [-0.15, -0.1) is 0 Å². The van der Waals surface area contributed by atoms with Crippen LogP contribution in [-0.2, 0) is 0 Å². The number of anilines is 1. The number of carbonyl (C=O) groups is 1. The first-order valence-electron chi connectivity index (χ1n) is 6.42. The van der Waals surface area contributed by atoms with Gasteiger partial charge < -0.3 is 19.2 Å². The lowest BCUT2D eigenvalue weighted by atomic mass is 10.2. The van der Waals surface area contributed by atoms with Crippen LogP contribution in [0.25, 0.3) is 0 Å². The van der Waals surface area contributed by atoms with E-state index in [0.717, 1.165) is 0 Å². The molecule has 7 heteroatoms. The number of carbonyl (C=O) groups excluding carboxylic acids is 1. The van der Waals surface area contributed by atoms with Crippen LogP contribution < -0.4 is 14.8 Å². The van der Waals surface area contributed by atoms with Crippen LogP contribution in [0.2, 0.25) is 0 Å². The highest BCUT2D eigenvalue weighted by atomic mass is 19.3. The van der Waals surface area contributed by atoms with Crippen molar-refractivity contribution in [3.05, 3.63) is 41.3 Å². The van der Waals surface area contributed by atoms with Crippen molar-refractivity contribution in [1.29, 1.82) is 0 Å². The number of ether oxygens (including phenoxy) is 2. The van der Waals surface area contributed by atoms with Gasteiger partial charge in [-0.1, -0.05) is 0 Å². The lowest BCUT2D eigenvalue weighted by molar-refractivity contribution is -0.0511. The second-order valence-corrected chi connectivity index (χ2v) is 4.53. The van der Waals surface area contributed by atoms with Gasteiger partial charge in [0, 0.05) is 11.8 Å². The number of nitrogens with one attached hydrogen (secondary N) is 1. The molecule has 1 amide bonds. The maximum Gasteiger partial charge on any atom is 0.387 e. The summed E-state index contributed by atoms with van der Waals surface area (Å²) in [6.07, 6.45) is 0. The van der Waals surface area contributed by atoms with Crippen molar-refractivity contribution in [2.75, 3.05) is 12.4 Å². The monoisotopic (exact) mass is 311 g/mol. The van der Waals surface area contributed by atoms with E-state index < -0.39 is 12.5 Å². The summed E-state index contributed by atoms with van der Waals surface area (Å²) in [7, 11) is 1.34. The van der Waals surface area contributed by atoms with Gasteiger partial charge in [-0.3, -0.25) is 4.79 Å². The number of benzene rings is 1. The van der Waals surface area contributed by atoms with Crippen LogP contribution in [0.15, 0.2) is 28.7 Å². The molecule has 1 aromatic heterocycles. The van der Waals surface area contributed by atoms with Crippen LogP contribution in [-0.4, -0.2) is 19.6 Å². The van der Waals surface area contributed by atoms with Gasteiger partial charge in [0.2, 0.25) is 0 Å². The van der Waals surface area contributed by atoms with Gasteiger partial charge in [0.05, 0.1) is 12.7 Å². The minimum Gasteiger partial charge on any atom is -0.493 e. The minimum atomic E-state index is -2.99. The molecule has 0 fully saturated rings. The Morgan fingerprint density at radius 2 is 1.95 bits per heavy atom. The number of halogens is 2. The van der Waals surface area contributed by atoms with Gasteiger partial charge in [-0.2, -0.15) is 8.78 Å². The number of hydrogen-bond acceptors (Lipinski definition) is 4. The Morgan fingerprint density at radius 1 is 1.23 bits per heavy atom. The molecule has 0 aliphatic carbocycles. The zero-order valence-corrected chi connectivity index (χ0v) is 12.3. The Bertz CT molecular complexity index is 682. The average molecular weight is 311 g/mol. The maximum absolute atomic E-state index is 12.4. The van der Waals surface area contributed by atoms with Crippen LogP contribution in [0.5, 0.6) is 11.5 Å². The molecule has 0 atom stereocenters. The van der Waals surface area contributed by atoms with E-state index in [4.69, 9.17) is 9.15 Å². The summed E-state index contributed by atoms with van der Waals surface area (Å²) in [4.78, 5) is 12.1. The molecule has 5 nitrogen and oxygen atoms in total. The molecule has 0 radical (unpaired) electrons. The van der Waals surface area contributed by atoms with Crippen molar-refractivity contribution < 1.29 is 27.5 Å². The van der Waals surface area contributed by atoms with Gasteiger partial charge >= 0.3 is 6.61 Å². The van der Waals surface area contributed by atoms with Gasteiger partial charge in [-0.05, 0) is 32.0 Å². The molecular formula is C15H15F2NO4. The molecule has 1 heterocycles. The Hall–Kier alpha value is -2.57. The van der Waals surface area contributed by atoms with E-state index in [1.807, 2.05) is 0 Å². The lowest BCUT2D eigenvalue weighted by Crippen LogP contribution is -2.12. The summed E-state index contributed by atoms with van der Waals surface area (Å²) < 4.78 is 39.3. The summed E-state index contributed by atoms with van der Waals surface area (Å²) in [5.41, 5.74) is 0.685. The molecule has 0 bridgehead atoms. The fourth-order valence-electron chi connectivity index (χ4n) is 2.00. The molecule has 0 spiro atoms. The van der Waals surface area contributed by atoms with Crippen molar-refractivity contribution in [2.24, 2.45) is 0 Å². The highest BCUT2D eigenvalue weighted by Gasteiger charge is 2.16. The first-order chi connectivity index (χ1) is 10.4. The third-order valence-electron chi connectivity index (χ3n) is 2.92. The average Bonchev–Trinajstić information content (AvgIpc) is 2.77. The number of alkyl halides is 2. The number of amides is 1. The molecule has 1 aromatic carbocycles. The predicted octanol–water partition coefficient (Wildman–Crippen LogP) is 3.76. The third kappa shape index (κ3) is 3.55.